The summed E-state index contributed by atoms with van der Waals surface area (Å²) in [6, 6.07) is 3.42. The number of fused-ring (bicyclic) bond motifs is 2. The van der Waals surface area contributed by atoms with E-state index in [9.17, 15) is 9.59 Å². The molecule has 1 atom stereocenters. The van der Waals surface area contributed by atoms with Crippen LogP contribution in [-0.4, -0.2) is 65.5 Å². The van der Waals surface area contributed by atoms with Gasteiger partial charge in [0.25, 0.3) is 11.8 Å². The van der Waals surface area contributed by atoms with E-state index in [-0.39, 0.29) is 17.9 Å². The van der Waals surface area contributed by atoms with Crippen molar-refractivity contribution in [2.24, 2.45) is 5.92 Å². The highest BCUT2D eigenvalue weighted by molar-refractivity contribution is 6.00. The minimum atomic E-state index is -0.261. The second-order valence-electron chi connectivity index (χ2n) is 8.78. The molecule has 0 saturated heterocycles. The maximum Gasteiger partial charge on any atom is 0.259 e. The van der Waals surface area contributed by atoms with Gasteiger partial charge in [-0.05, 0) is 38.3 Å². The lowest BCUT2D eigenvalue weighted by atomic mass is 10.0. The van der Waals surface area contributed by atoms with Crippen LogP contribution in [0.25, 0.3) is 11.3 Å². The zero-order valence-electron chi connectivity index (χ0n) is 19.5. The zero-order valence-corrected chi connectivity index (χ0v) is 19.5. The summed E-state index contributed by atoms with van der Waals surface area (Å²) < 4.78 is 3.16. The minimum Gasteiger partial charge on any atom is -0.347 e. The smallest absolute Gasteiger partial charge is 0.259 e. The molecule has 1 unspecified atom stereocenters. The van der Waals surface area contributed by atoms with E-state index < -0.39 is 0 Å². The van der Waals surface area contributed by atoms with Gasteiger partial charge in [-0.1, -0.05) is 13.8 Å². The quantitative estimate of drug-likeness (QED) is 0.465. The Morgan fingerprint density at radius 3 is 2.09 bits per heavy atom. The Bertz CT molecular complexity index is 1320. The molecule has 0 aliphatic rings. The van der Waals surface area contributed by atoms with Gasteiger partial charge in [-0.3, -0.25) is 9.59 Å². The van der Waals surface area contributed by atoms with Crippen molar-refractivity contribution in [3.8, 4) is 0 Å². The predicted octanol–water partition coefficient (Wildman–Crippen LogP) is 2.31. The van der Waals surface area contributed by atoms with E-state index in [1.165, 1.54) is 12.4 Å². The molecule has 4 heterocycles. The Hall–Kier alpha value is -3.82. The lowest BCUT2D eigenvalue weighted by molar-refractivity contribution is 0.0760. The van der Waals surface area contributed by atoms with Crippen molar-refractivity contribution in [2.75, 3.05) is 13.6 Å². The largest absolute Gasteiger partial charge is 0.347 e. The molecule has 1 N–H and O–H groups in total. The molecule has 33 heavy (non-hydrogen) atoms. The molecule has 0 spiro atoms. The number of aryl methyl sites for hydroxylation is 2. The molecule has 172 valence electrons. The molecule has 0 aliphatic carbocycles. The van der Waals surface area contributed by atoms with E-state index in [2.05, 4.69) is 39.3 Å². The summed E-state index contributed by atoms with van der Waals surface area (Å²) in [5, 5.41) is 11.5. The van der Waals surface area contributed by atoms with Gasteiger partial charge in [-0.2, -0.15) is 10.2 Å². The number of hydrogen-bond donors (Lipinski definition) is 1. The van der Waals surface area contributed by atoms with Crippen LogP contribution in [0.3, 0.4) is 0 Å². The van der Waals surface area contributed by atoms with Crippen LogP contribution in [-0.2, 0) is 0 Å². The van der Waals surface area contributed by atoms with Gasteiger partial charge in [0.15, 0.2) is 11.3 Å². The number of hydrogen-bond acceptors (Lipinski definition) is 6. The number of amides is 2. The van der Waals surface area contributed by atoms with Gasteiger partial charge in [0.2, 0.25) is 0 Å². The average Bonchev–Trinajstić information content (AvgIpc) is 3.36. The molecule has 4 aromatic rings. The van der Waals surface area contributed by atoms with Crippen LogP contribution < -0.4 is 5.32 Å². The van der Waals surface area contributed by atoms with Crippen LogP contribution in [0.4, 0.5) is 0 Å². The second-order valence-corrected chi connectivity index (χ2v) is 8.78. The zero-order chi connectivity index (χ0) is 23.7. The Balaban J connectivity index is 1.53. The van der Waals surface area contributed by atoms with Crippen molar-refractivity contribution in [3.05, 3.63) is 59.4 Å². The first-order chi connectivity index (χ1) is 15.7. The molecule has 0 saturated carbocycles. The molecule has 4 aromatic heterocycles. The fourth-order valence-electron chi connectivity index (χ4n) is 3.86. The van der Waals surface area contributed by atoms with Crippen LogP contribution in [0.5, 0.6) is 0 Å². The number of rotatable bonds is 7. The molecule has 10 nitrogen and oxygen atoms in total. The summed E-state index contributed by atoms with van der Waals surface area (Å²) in [4.78, 5) is 36.8. The van der Waals surface area contributed by atoms with E-state index >= 15 is 0 Å². The van der Waals surface area contributed by atoms with Crippen LogP contribution in [0.2, 0.25) is 0 Å². The van der Waals surface area contributed by atoms with Gasteiger partial charge in [0, 0.05) is 43.4 Å². The molecule has 2 amide bonds. The third kappa shape index (κ3) is 4.69. The molecule has 0 bridgehead atoms. The van der Waals surface area contributed by atoms with Gasteiger partial charge < -0.3 is 10.2 Å². The van der Waals surface area contributed by atoms with Crippen molar-refractivity contribution in [3.63, 3.8) is 0 Å². The van der Waals surface area contributed by atoms with Crippen molar-refractivity contribution < 1.29 is 9.59 Å². The third-order valence-electron chi connectivity index (χ3n) is 5.42. The highest BCUT2D eigenvalue weighted by Gasteiger charge is 2.24. The number of carbonyl (C=O) groups excluding carboxylic acids is 2. The minimum absolute atomic E-state index is 0.195. The maximum absolute atomic E-state index is 13.2. The molecule has 0 aromatic carbocycles. The van der Waals surface area contributed by atoms with E-state index in [1.54, 1.807) is 33.4 Å². The summed E-state index contributed by atoms with van der Waals surface area (Å²) in [7, 11) is 1.72. The summed E-state index contributed by atoms with van der Waals surface area (Å²) >= 11 is 0. The molecular weight excluding hydrogens is 420 g/mol. The van der Waals surface area contributed by atoms with E-state index in [0.29, 0.717) is 41.3 Å². The monoisotopic (exact) mass is 448 g/mol. The summed E-state index contributed by atoms with van der Waals surface area (Å²) in [6.45, 7) is 8.25. The fourth-order valence-corrected chi connectivity index (χ4v) is 3.86. The van der Waals surface area contributed by atoms with E-state index in [1.807, 2.05) is 26.0 Å². The molecule has 10 heteroatoms. The Kier molecular flexibility index (Phi) is 6.08. The van der Waals surface area contributed by atoms with Gasteiger partial charge in [-0.15, -0.1) is 0 Å². The lowest BCUT2D eigenvalue weighted by Gasteiger charge is -2.26. The number of carbonyl (C=O) groups is 2. The molecule has 0 fully saturated rings. The number of nitrogens with zero attached hydrogens (tertiary/aromatic N) is 7. The molecule has 0 aliphatic heterocycles. The average molecular weight is 449 g/mol. The van der Waals surface area contributed by atoms with Crippen LogP contribution >= 0.6 is 0 Å². The van der Waals surface area contributed by atoms with Crippen molar-refractivity contribution >= 4 is 23.1 Å². The molecule has 4 rings (SSSR count). The van der Waals surface area contributed by atoms with Gasteiger partial charge >= 0.3 is 0 Å². The highest BCUT2D eigenvalue weighted by Crippen LogP contribution is 2.15. The van der Waals surface area contributed by atoms with Crippen molar-refractivity contribution in [1.82, 2.24) is 39.4 Å². The van der Waals surface area contributed by atoms with Crippen LogP contribution in [0.15, 0.2) is 36.9 Å². The topological polar surface area (TPSA) is 110 Å². The first kappa shape index (κ1) is 22.4. The van der Waals surface area contributed by atoms with Gasteiger partial charge in [0.1, 0.15) is 11.1 Å². The normalized spacial score (nSPS) is 12.4. The summed E-state index contributed by atoms with van der Waals surface area (Å²) in [5.74, 6) is -0.133. The van der Waals surface area contributed by atoms with Crippen molar-refractivity contribution in [2.45, 2.75) is 40.2 Å². The maximum atomic E-state index is 13.2. The van der Waals surface area contributed by atoms with Crippen LogP contribution in [0.1, 0.15) is 52.4 Å². The number of likely N-dealkylation sites (N-methyl/N-ethyl adjacent to an activating group) is 1. The summed E-state index contributed by atoms with van der Waals surface area (Å²) in [5.41, 5.74) is 3.47. The van der Waals surface area contributed by atoms with Crippen molar-refractivity contribution in [1.29, 1.82) is 0 Å². The lowest BCUT2D eigenvalue weighted by Crippen LogP contribution is -2.45. The first-order valence-electron chi connectivity index (χ1n) is 10.9. The SMILES string of the molecule is Cc1ccn2ncc(C(=O)NC(CC(C)C)CN(C)C(=O)c3cnn4ccc(C)nc34)c2n1. The first-order valence-corrected chi connectivity index (χ1v) is 10.9. The van der Waals surface area contributed by atoms with E-state index in [4.69, 9.17) is 0 Å². The fraction of sp³-hybridized carbons (Fsp3) is 0.391. The van der Waals surface area contributed by atoms with E-state index in [0.717, 1.165) is 11.4 Å². The standard InChI is InChI=1S/C23H28N8O2/c1-14(2)10-17(28-22(32)18-11-24-30-8-6-15(3)26-20(18)30)13-29(5)23(33)19-12-25-31-9-7-16(4)27-21(19)31/h6-9,11-12,14,17H,10,13H2,1-5H3,(H,28,32). The predicted molar refractivity (Wildman–Crippen MR) is 123 cm³/mol. The Morgan fingerprint density at radius 1 is 0.970 bits per heavy atom. The van der Waals surface area contributed by atoms with Crippen LogP contribution in [0, 0.1) is 19.8 Å². The molecule has 0 radical (unpaired) electrons. The highest BCUT2D eigenvalue weighted by atomic mass is 16.2. The Labute approximate surface area is 191 Å². The second kappa shape index (κ2) is 8.97. The number of aromatic nitrogens is 6. The molecular formula is C23H28N8O2. The van der Waals surface area contributed by atoms with Gasteiger partial charge in [0.05, 0.1) is 12.4 Å². The Morgan fingerprint density at radius 2 is 1.52 bits per heavy atom. The van der Waals surface area contributed by atoms with Gasteiger partial charge in [-0.25, -0.2) is 19.0 Å². The third-order valence-corrected chi connectivity index (χ3v) is 5.42. The number of nitrogens with one attached hydrogen (secondary N) is 1. The summed E-state index contributed by atoms with van der Waals surface area (Å²) in [6.07, 6.45) is 7.32.